The molecule has 0 saturated carbocycles. The number of likely N-dealkylation sites (tertiary alicyclic amines) is 1. The highest BCUT2D eigenvalue weighted by atomic mass is 32.2. The van der Waals surface area contributed by atoms with Crippen molar-refractivity contribution in [1.29, 1.82) is 0 Å². The molecular formula is C11H23N3O3S. The van der Waals surface area contributed by atoms with Gasteiger partial charge in [0, 0.05) is 39.0 Å². The molecule has 1 aliphatic rings. The number of sulfone groups is 1. The van der Waals surface area contributed by atoms with Crippen LogP contribution >= 0.6 is 0 Å². The molecule has 0 radical (unpaired) electrons. The van der Waals surface area contributed by atoms with Crippen molar-refractivity contribution in [2.45, 2.75) is 18.9 Å². The predicted molar refractivity (Wildman–Crippen MR) is 71.0 cm³/mol. The van der Waals surface area contributed by atoms with Gasteiger partial charge < -0.3 is 10.6 Å². The van der Waals surface area contributed by atoms with Crippen LogP contribution in [0.4, 0.5) is 0 Å². The molecule has 0 aromatic carbocycles. The first-order valence-electron chi connectivity index (χ1n) is 6.17. The van der Waals surface area contributed by atoms with Crippen molar-refractivity contribution >= 4 is 15.7 Å². The first kappa shape index (κ1) is 15.4. The minimum atomic E-state index is -3.02. The van der Waals surface area contributed by atoms with Crippen LogP contribution in [0, 0.1) is 0 Å². The van der Waals surface area contributed by atoms with Gasteiger partial charge in [0.05, 0.1) is 12.3 Å². The molecule has 0 atom stereocenters. The van der Waals surface area contributed by atoms with Gasteiger partial charge in [-0.25, -0.2) is 8.42 Å². The second-order valence-electron chi connectivity index (χ2n) is 5.06. The molecule has 2 N–H and O–H groups in total. The lowest BCUT2D eigenvalue weighted by Gasteiger charge is -2.30. The third-order valence-electron chi connectivity index (χ3n) is 3.21. The molecule has 1 aliphatic heterocycles. The summed E-state index contributed by atoms with van der Waals surface area (Å²) in [4.78, 5) is 15.4. The molecule has 6 nitrogen and oxygen atoms in total. The first-order chi connectivity index (χ1) is 8.28. The molecule has 1 amide bonds. The fourth-order valence-electron chi connectivity index (χ4n) is 1.85. The summed E-state index contributed by atoms with van der Waals surface area (Å²) in [7, 11) is -1.38. The van der Waals surface area contributed by atoms with Gasteiger partial charge in [0.15, 0.2) is 0 Å². The monoisotopic (exact) mass is 277 g/mol. The molecule has 1 fully saturated rings. The number of carbonyl (C=O) groups excluding carboxylic acids is 1. The van der Waals surface area contributed by atoms with E-state index in [4.69, 9.17) is 5.73 Å². The number of nitrogens with zero attached hydrogens (tertiary/aromatic N) is 2. The summed E-state index contributed by atoms with van der Waals surface area (Å²) < 4.78 is 22.0. The zero-order valence-corrected chi connectivity index (χ0v) is 11.9. The Balaban J connectivity index is 2.31. The second-order valence-corrected chi connectivity index (χ2v) is 7.32. The van der Waals surface area contributed by atoms with Crippen molar-refractivity contribution < 1.29 is 13.2 Å². The third kappa shape index (κ3) is 5.79. The van der Waals surface area contributed by atoms with E-state index in [2.05, 4.69) is 4.90 Å². The zero-order valence-electron chi connectivity index (χ0n) is 11.1. The quantitative estimate of drug-likeness (QED) is 0.690. The number of rotatable bonds is 5. The van der Waals surface area contributed by atoms with E-state index in [1.807, 2.05) is 0 Å². The van der Waals surface area contributed by atoms with Gasteiger partial charge in [0.1, 0.15) is 9.84 Å². The van der Waals surface area contributed by atoms with Crippen molar-refractivity contribution in [1.82, 2.24) is 9.80 Å². The SMILES string of the molecule is CN(CCS(C)(=O)=O)C(=O)CN1CCC(N)CC1. The van der Waals surface area contributed by atoms with Gasteiger partial charge in [-0.05, 0) is 12.8 Å². The third-order valence-corrected chi connectivity index (χ3v) is 4.14. The summed E-state index contributed by atoms with van der Waals surface area (Å²) in [6, 6.07) is 0.249. The van der Waals surface area contributed by atoms with Crippen molar-refractivity contribution in [2.24, 2.45) is 5.73 Å². The Kier molecular flexibility index (Phi) is 5.55. The highest BCUT2D eigenvalue weighted by Gasteiger charge is 2.20. The number of carbonyl (C=O) groups is 1. The van der Waals surface area contributed by atoms with Gasteiger partial charge in [-0.3, -0.25) is 9.69 Å². The van der Waals surface area contributed by atoms with Gasteiger partial charge in [0.2, 0.25) is 5.91 Å². The molecule has 0 aromatic rings. The Labute approximate surface area is 109 Å². The molecule has 18 heavy (non-hydrogen) atoms. The van der Waals surface area contributed by atoms with E-state index in [0.717, 1.165) is 25.9 Å². The maximum absolute atomic E-state index is 11.9. The molecule has 0 bridgehead atoms. The zero-order chi connectivity index (χ0) is 13.8. The molecule has 0 aromatic heterocycles. The Morgan fingerprint density at radius 1 is 1.39 bits per heavy atom. The predicted octanol–water partition coefficient (Wildman–Crippen LogP) is -1.09. The molecule has 0 aliphatic carbocycles. The van der Waals surface area contributed by atoms with E-state index in [-0.39, 0.29) is 24.2 Å². The average Bonchev–Trinajstić information content (AvgIpc) is 2.28. The Morgan fingerprint density at radius 2 is 1.94 bits per heavy atom. The van der Waals surface area contributed by atoms with Gasteiger partial charge in [-0.2, -0.15) is 0 Å². The number of nitrogens with two attached hydrogens (primary N) is 1. The van der Waals surface area contributed by atoms with Crippen LogP contribution in [-0.2, 0) is 14.6 Å². The summed E-state index contributed by atoms with van der Waals surface area (Å²) in [6.45, 7) is 2.29. The van der Waals surface area contributed by atoms with Crippen molar-refractivity contribution in [3.8, 4) is 0 Å². The molecule has 1 heterocycles. The lowest BCUT2D eigenvalue weighted by Crippen LogP contribution is -2.45. The molecule has 106 valence electrons. The Bertz CT molecular complexity index is 375. The standard InChI is InChI=1S/C11H23N3O3S/c1-13(7-8-18(2,16)17)11(15)9-14-5-3-10(12)4-6-14/h10H,3-9,12H2,1-2H3. The first-order valence-corrected chi connectivity index (χ1v) is 8.23. The molecular weight excluding hydrogens is 254 g/mol. The van der Waals surface area contributed by atoms with E-state index in [9.17, 15) is 13.2 Å². The minimum absolute atomic E-state index is 0.0140. The van der Waals surface area contributed by atoms with Crippen molar-refractivity contribution in [3.63, 3.8) is 0 Å². The van der Waals surface area contributed by atoms with Gasteiger partial charge in [-0.15, -0.1) is 0 Å². The van der Waals surface area contributed by atoms with Crippen LogP contribution in [0.3, 0.4) is 0 Å². The highest BCUT2D eigenvalue weighted by Crippen LogP contribution is 2.07. The molecule has 0 unspecified atom stereocenters. The van der Waals surface area contributed by atoms with Gasteiger partial charge >= 0.3 is 0 Å². The van der Waals surface area contributed by atoms with Crippen LogP contribution in [0.15, 0.2) is 0 Å². The molecule has 7 heteroatoms. The fourth-order valence-corrected chi connectivity index (χ4v) is 2.46. The Hall–Kier alpha value is -0.660. The van der Waals surface area contributed by atoms with Gasteiger partial charge in [0.25, 0.3) is 0 Å². The topological polar surface area (TPSA) is 83.7 Å². The largest absolute Gasteiger partial charge is 0.344 e. The highest BCUT2D eigenvalue weighted by molar-refractivity contribution is 7.90. The van der Waals surface area contributed by atoms with E-state index in [1.54, 1.807) is 7.05 Å². The van der Waals surface area contributed by atoms with E-state index in [0.29, 0.717) is 6.54 Å². The second kappa shape index (κ2) is 6.49. The normalized spacial score (nSPS) is 18.8. The summed E-state index contributed by atoms with van der Waals surface area (Å²) in [6.07, 6.45) is 3.01. The van der Waals surface area contributed by atoms with Crippen LogP contribution in [0.5, 0.6) is 0 Å². The Morgan fingerprint density at radius 3 is 2.44 bits per heavy atom. The van der Waals surface area contributed by atoms with E-state index in [1.165, 1.54) is 11.2 Å². The number of hydrogen-bond acceptors (Lipinski definition) is 5. The average molecular weight is 277 g/mol. The maximum Gasteiger partial charge on any atom is 0.236 e. The fraction of sp³-hybridized carbons (Fsp3) is 0.909. The summed E-state index contributed by atoms with van der Waals surface area (Å²) >= 11 is 0. The summed E-state index contributed by atoms with van der Waals surface area (Å²) in [5.41, 5.74) is 5.79. The minimum Gasteiger partial charge on any atom is -0.344 e. The van der Waals surface area contributed by atoms with Crippen LogP contribution < -0.4 is 5.73 Å². The van der Waals surface area contributed by atoms with Gasteiger partial charge in [-0.1, -0.05) is 0 Å². The number of amides is 1. The van der Waals surface area contributed by atoms with Crippen LogP contribution in [0.2, 0.25) is 0 Å². The maximum atomic E-state index is 11.9. The van der Waals surface area contributed by atoms with Crippen LogP contribution in [-0.4, -0.2) is 75.4 Å². The van der Waals surface area contributed by atoms with Crippen LogP contribution in [0.25, 0.3) is 0 Å². The molecule has 0 spiro atoms. The lowest BCUT2D eigenvalue weighted by molar-refractivity contribution is -0.131. The number of hydrogen-bond donors (Lipinski definition) is 1. The molecule has 1 saturated heterocycles. The number of likely N-dealkylation sites (N-methyl/N-ethyl adjacent to an activating group) is 1. The van der Waals surface area contributed by atoms with E-state index < -0.39 is 9.84 Å². The van der Waals surface area contributed by atoms with Crippen LogP contribution in [0.1, 0.15) is 12.8 Å². The van der Waals surface area contributed by atoms with E-state index >= 15 is 0 Å². The smallest absolute Gasteiger partial charge is 0.236 e. The number of piperidine rings is 1. The summed E-state index contributed by atoms with van der Waals surface area (Å²) in [5, 5.41) is 0. The summed E-state index contributed by atoms with van der Waals surface area (Å²) in [5.74, 6) is -0.0192. The molecule has 1 rings (SSSR count). The van der Waals surface area contributed by atoms with Crippen molar-refractivity contribution in [2.75, 3.05) is 45.2 Å². The lowest BCUT2D eigenvalue weighted by atomic mass is 10.1. The van der Waals surface area contributed by atoms with Crippen molar-refractivity contribution in [3.05, 3.63) is 0 Å².